The second kappa shape index (κ2) is 10.9. The van der Waals surface area contributed by atoms with Crippen molar-refractivity contribution in [3.8, 4) is 0 Å². The van der Waals surface area contributed by atoms with E-state index in [1.807, 2.05) is 0 Å². The van der Waals surface area contributed by atoms with Crippen molar-refractivity contribution in [1.29, 1.82) is 0 Å². The maximum atomic E-state index is 13.8. The lowest BCUT2D eigenvalue weighted by molar-refractivity contribution is -0.138. The van der Waals surface area contributed by atoms with E-state index in [4.69, 9.17) is 0 Å². The van der Waals surface area contributed by atoms with Gasteiger partial charge in [0.05, 0.1) is 12.5 Å². The fourth-order valence-corrected chi connectivity index (χ4v) is 4.15. The van der Waals surface area contributed by atoms with E-state index >= 15 is 0 Å². The Morgan fingerprint density at radius 1 is 0.892 bits per heavy atom. The van der Waals surface area contributed by atoms with E-state index < -0.39 is 54.0 Å². The normalized spacial score (nSPS) is 15.8. The Morgan fingerprint density at radius 3 is 2.11 bits per heavy atom. The van der Waals surface area contributed by atoms with Gasteiger partial charge in [0, 0.05) is 36.6 Å². The molecule has 1 aliphatic heterocycles. The number of carboxylic acids is 1. The smallest absolute Gasteiger partial charge is 0.305 e. The summed E-state index contributed by atoms with van der Waals surface area (Å²) >= 11 is 0. The van der Waals surface area contributed by atoms with Crippen molar-refractivity contribution in [3.05, 3.63) is 101 Å². The molecule has 1 aromatic heterocycles. The quantitative estimate of drug-likeness (QED) is 0.506. The van der Waals surface area contributed by atoms with Crippen molar-refractivity contribution in [3.63, 3.8) is 0 Å². The van der Waals surface area contributed by atoms with E-state index in [2.05, 4.69) is 10.3 Å². The summed E-state index contributed by atoms with van der Waals surface area (Å²) in [7, 11) is 0. The molecule has 4 rings (SSSR count). The molecule has 2 N–H and O–H groups in total. The lowest BCUT2D eigenvalue weighted by atomic mass is 10.0. The fraction of sp³-hybridized carbons (Fsp3) is 0.192. The lowest BCUT2D eigenvalue weighted by Gasteiger charge is -2.31. The zero-order valence-corrected chi connectivity index (χ0v) is 19.4. The molecular formula is C26H22F2N4O5. The topological polar surface area (TPSA) is 120 Å². The Morgan fingerprint density at radius 2 is 1.51 bits per heavy atom. The number of aromatic nitrogens is 1. The Hall–Kier alpha value is -4.67. The Bertz CT molecular complexity index is 1320. The first-order chi connectivity index (χ1) is 17.7. The zero-order valence-electron chi connectivity index (χ0n) is 19.4. The van der Waals surface area contributed by atoms with Crippen LogP contribution < -0.4 is 5.32 Å². The number of rotatable bonds is 7. The Labute approximate surface area is 210 Å². The highest BCUT2D eigenvalue weighted by atomic mass is 19.1. The number of pyridine rings is 1. The zero-order chi connectivity index (χ0) is 26.5. The fourth-order valence-electron chi connectivity index (χ4n) is 4.15. The van der Waals surface area contributed by atoms with Gasteiger partial charge in [0.2, 0.25) is 0 Å². The average Bonchev–Trinajstić information content (AvgIpc) is 3.33. The van der Waals surface area contributed by atoms with Crippen LogP contribution in [0.3, 0.4) is 0 Å². The van der Waals surface area contributed by atoms with E-state index in [9.17, 15) is 33.1 Å². The summed E-state index contributed by atoms with van der Waals surface area (Å²) in [6, 6.07) is 11.7. The van der Waals surface area contributed by atoms with Gasteiger partial charge in [-0.25, -0.2) is 8.78 Å². The molecule has 9 nitrogen and oxygen atoms in total. The van der Waals surface area contributed by atoms with Crippen LogP contribution in [-0.4, -0.2) is 62.8 Å². The van der Waals surface area contributed by atoms with E-state index in [1.54, 1.807) is 0 Å². The highest BCUT2D eigenvalue weighted by Crippen LogP contribution is 2.24. The molecule has 0 spiro atoms. The summed E-state index contributed by atoms with van der Waals surface area (Å²) in [6.45, 7) is -0.0230. The van der Waals surface area contributed by atoms with Crippen LogP contribution in [0.5, 0.6) is 0 Å². The molecule has 0 radical (unpaired) electrons. The van der Waals surface area contributed by atoms with Gasteiger partial charge in [-0.3, -0.25) is 24.2 Å². The van der Waals surface area contributed by atoms with Crippen molar-refractivity contribution >= 4 is 23.7 Å². The van der Waals surface area contributed by atoms with E-state index in [0.29, 0.717) is 5.56 Å². The standard InChI is InChI=1S/C26H22F2N4O5/c27-19-6-4-16(5-7-19)21(15-22(33)34)30-23(35)24-31(25(36)17-8-10-29-11-9-17)12-13-32(24)26(37)18-2-1-3-20(28)14-18/h1-11,14,21,24H,12-13,15H2,(H,30,35)(H,33,34). The minimum Gasteiger partial charge on any atom is -0.481 e. The predicted molar refractivity (Wildman–Crippen MR) is 126 cm³/mol. The number of aliphatic carboxylic acids is 1. The Kier molecular flexibility index (Phi) is 7.52. The van der Waals surface area contributed by atoms with Crippen molar-refractivity contribution < 1.29 is 33.1 Å². The number of hydrogen-bond donors (Lipinski definition) is 2. The van der Waals surface area contributed by atoms with Gasteiger partial charge in [-0.15, -0.1) is 0 Å². The molecule has 2 atom stereocenters. The van der Waals surface area contributed by atoms with Crippen molar-refractivity contribution in [2.45, 2.75) is 18.6 Å². The third-order valence-electron chi connectivity index (χ3n) is 5.89. The second-order valence-corrected chi connectivity index (χ2v) is 8.33. The Balaban J connectivity index is 1.68. The molecule has 2 aromatic carbocycles. The molecule has 0 saturated carbocycles. The van der Waals surface area contributed by atoms with Crippen molar-refractivity contribution in [2.24, 2.45) is 0 Å². The summed E-state index contributed by atoms with van der Waals surface area (Å²) in [5, 5.41) is 12.0. The maximum Gasteiger partial charge on any atom is 0.305 e. The summed E-state index contributed by atoms with van der Waals surface area (Å²) in [5.74, 6) is -4.46. The minimum atomic E-state index is -1.45. The van der Waals surface area contributed by atoms with E-state index in [1.165, 1.54) is 59.8 Å². The SMILES string of the molecule is O=C(O)CC(NC(=O)C1N(C(=O)c2ccncc2)CCN1C(=O)c1cccc(F)c1)c1ccc(F)cc1. The third-order valence-corrected chi connectivity index (χ3v) is 5.89. The van der Waals surface area contributed by atoms with Gasteiger partial charge >= 0.3 is 5.97 Å². The van der Waals surface area contributed by atoms with Crippen LogP contribution in [0, 0.1) is 11.6 Å². The highest BCUT2D eigenvalue weighted by molar-refractivity contribution is 6.02. The first-order valence-corrected chi connectivity index (χ1v) is 11.3. The molecule has 1 aliphatic rings. The van der Waals surface area contributed by atoms with Crippen LogP contribution in [0.15, 0.2) is 73.1 Å². The monoisotopic (exact) mass is 508 g/mol. The lowest BCUT2D eigenvalue weighted by Crippen LogP contribution is -2.54. The number of nitrogens with one attached hydrogen (secondary N) is 1. The van der Waals surface area contributed by atoms with Crippen LogP contribution in [0.2, 0.25) is 0 Å². The molecule has 1 fully saturated rings. The first-order valence-electron chi connectivity index (χ1n) is 11.3. The summed E-state index contributed by atoms with van der Waals surface area (Å²) < 4.78 is 27.2. The molecule has 190 valence electrons. The van der Waals surface area contributed by atoms with Crippen LogP contribution in [0.25, 0.3) is 0 Å². The number of halogens is 2. The molecule has 3 amide bonds. The number of carbonyl (C=O) groups excluding carboxylic acids is 3. The van der Waals surface area contributed by atoms with Gasteiger partial charge in [0.25, 0.3) is 17.7 Å². The molecule has 11 heteroatoms. The van der Waals surface area contributed by atoms with Gasteiger partial charge in [-0.1, -0.05) is 18.2 Å². The maximum absolute atomic E-state index is 13.8. The van der Waals surface area contributed by atoms with E-state index in [0.717, 1.165) is 23.1 Å². The van der Waals surface area contributed by atoms with Gasteiger partial charge in [0.15, 0.2) is 6.17 Å². The van der Waals surface area contributed by atoms with Crippen molar-refractivity contribution in [1.82, 2.24) is 20.1 Å². The minimum absolute atomic E-state index is 0.000440. The number of carbonyl (C=O) groups is 4. The number of nitrogens with zero attached hydrogens (tertiary/aromatic N) is 3. The molecule has 2 unspecified atom stereocenters. The summed E-state index contributed by atoms with van der Waals surface area (Å²) in [4.78, 5) is 57.8. The predicted octanol–water partition coefficient (Wildman–Crippen LogP) is 2.62. The van der Waals surface area contributed by atoms with Crippen molar-refractivity contribution in [2.75, 3.05) is 13.1 Å². The highest BCUT2D eigenvalue weighted by Gasteiger charge is 2.44. The number of amides is 3. The van der Waals surface area contributed by atoms with Crippen LogP contribution in [0.4, 0.5) is 8.78 Å². The molecule has 37 heavy (non-hydrogen) atoms. The van der Waals surface area contributed by atoms with Gasteiger partial charge < -0.3 is 20.2 Å². The molecule has 0 aliphatic carbocycles. The first kappa shape index (κ1) is 25.4. The van der Waals surface area contributed by atoms with Crippen LogP contribution in [-0.2, 0) is 9.59 Å². The number of carboxylic acid groups (broad SMARTS) is 1. The average molecular weight is 508 g/mol. The second-order valence-electron chi connectivity index (χ2n) is 8.33. The van der Waals surface area contributed by atoms with Gasteiger partial charge in [0.1, 0.15) is 11.6 Å². The molecule has 1 saturated heterocycles. The van der Waals surface area contributed by atoms with E-state index in [-0.39, 0.29) is 24.2 Å². The van der Waals surface area contributed by atoms with Gasteiger partial charge in [-0.2, -0.15) is 0 Å². The third kappa shape index (κ3) is 5.77. The van der Waals surface area contributed by atoms with Crippen LogP contribution >= 0.6 is 0 Å². The number of hydrogen-bond acceptors (Lipinski definition) is 5. The van der Waals surface area contributed by atoms with Crippen LogP contribution in [0.1, 0.15) is 38.7 Å². The number of benzene rings is 2. The largest absolute Gasteiger partial charge is 0.481 e. The summed E-state index contributed by atoms with van der Waals surface area (Å²) in [6.07, 6.45) is 0.838. The molecular weight excluding hydrogens is 486 g/mol. The molecule has 2 heterocycles. The molecule has 3 aromatic rings. The van der Waals surface area contributed by atoms with Gasteiger partial charge in [-0.05, 0) is 48.0 Å². The molecule has 0 bridgehead atoms. The summed E-state index contributed by atoms with van der Waals surface area (Å²) in [5.41, 5.74) is 0.537.